The number of nitrogens with two attached hydrogens (primary N) is 1. The van der Waals surface area contributed by atoms with Crippen LogP contribution in [0, 0.1) is 0 Å². The van der Waals surface area contributed by atoms with Crippen LogP contribution < -0.4 is 5.73 Å². The summed E-state index contributed by atoms with van der Waals surface area (Å²) in [5.41, 5.74) is 6.21. The molecule has 0 amide bonds. The smallest absolute Gasteiger partial charge is 0.348 e. The van der Waals surface area contributed by atoms with Gasteiger partial charge in [0.15, 0.2) is 5.95 Å². The minimum Gasteiger partial charge on any atom is -0.462 e. The van der Waals surface area contributed by atoms with Crippen LogP contribution >= 0.6 is 11.3 Å². The van der Waals surface area contributed by atoms with Crippen LogP contribution in [0.2, 0.25) is 0 Å². The molecule has 2 aromatic heterocycles. The third-order valence-electron chi connectivity index (χ3n) is 1.93. The van der Waals surface area contributed by atoms with E-state index >= 15 is 0 Å². The average molecular weight is 237 g/mol. The summed E-state index contributed by atoms with van der Waals surface area (Å²) in [7, 11) is 0. The molecule has 0 aliphatic heterocycles. The van der Waals surface area contributed by atoms with Crippen molar-refractivity contribution in [3.8, 4) is 10.6 Å². The van der Waals surface area contributed by atoms with Crippen LogP contribution in [0.25, 0.3) is 10.6 Å². The van der Waals surface area contributed by atoms with Crippen LogP contribution in [-0.2, 0) is 4.74 Å². The van der Waals surface area contributed by atoms with Crippen molar-refractivity contribution in [1.82, 2.24) is 9.97 Å². The zero-order chi connectivity index (χ0) is 11.5. The molecule has 0 spiro atoms. The van der Waals surface area contributed by atoms with Crippen molar-refractivity contribution in [3.63, 3.8) is 0 Å². The van der Waals surface area contributed by atoms with Gasteiger partial charge in [-0.2, -0.15) is 0 Å². The van der Waals surface area contributed by atoms with Crippen LogP contribution in [-0.4, -0.2) is 22.5 Å². The van der Waals surface area contributed by atoms with E-state index in [-0.39, 0.29) is 5.97 Å². The fourth-order valence-electron chi connectivity index (χ4n) is 1.25. The second-order valence-electron chi connectivity index (χ2n) is 3.06. The Labute approximate surface area is 96.3 Å². The lowest BCUT2D eigenvalue weighted by Crippen LogP contribution is -2.01. The summed E-state index contributed by atoms with van der Waals surface area (Å²) in [5, 5.41) is 0. The summed E-state index contributed by atoms with van der Waals surface area (Å²) in [6.07, 6.45) is 1.70. The highest BCUT2D eigenvalue weighted by atomic mass is 32.1. The number of nitrogens with zero attached hydrogens (tertiary/aromatic N) is 1. The first kappa shape index (κ1) is 10.7. The lowest BCUT2D eigenvalue weighted by molar-refractivity contribution is 0.0532. The molecule has 0 fully saturated rings. The zero-order valence-electron chi connectivity index (χ0n) is 8.69. The maximum absolute atomic E-state index is 11.4. The standard InChI is InChI=1S/C10H11N3O2S/c1-2-15-9(14)8-4-3-7(16-8)6-5-12-10(11)13-6/h3-5H,2H2,1H3,(H3,11,12,13). The monoisotopic (exact) mass is 237 g/mol. The molecule has 0 aliphatic rings. The van der Waals surface area contributed by atoms with Gasteiger partial charge < -0.3 is 15.5 Å². The number of rotatable bonds is 3. The molecule has 0 aliphatic carbocycles. The predicted molar refractivity (Wildman–Crippen MR) is 62.3 cm³/mol. The van der Waals surface area contributed by atoms with E-state index in [1.165, 1.54) is 11.3 Å². The summed E-state index contributed by atoms with van der Waals surface area (Å²) in [6.45, 7) is 2.16. The third-order valence-corrected chi connectivity index (χ3v) is 3.02. The summed E-state index contributed by atoms with van der Waals surface area (Å²) in [5.74, 6) is 0.0587. The van der Waals surface area contributed by atoms with Gasteiger partial charge in [0.05, 0.1) is 11.5 Å². The SMILES string of the molecule is CCOC(=O)c1ccc(-c2c[nH]c(N)n2)s1. The van der Waals surface area contributed by atoms with E-state index in [0.29, 0.717) is 17.4 Å². The van der Waals surface area contributed by atoms with E-state index in [0.717, 1.165) is 10.6 Å². The summed E-state index contributed by atoms with van der Waals surface area (Å²) in [4.78, 5) is 19.8. The van der Waals surface area contributed by atoms with E-state index in [1.54, 1.807) is 19.2 Å². The number of aromatic amines is 1. The maximum Gasteiger partial charge on any atom is 0.348 e. The molecule has 2 aromatic rings. The molecule has 5 nitrogen and oxygen atoms in total. The van der Waals surface area contributed by atoms with Gasteiger partial charge in [0.2, 0.25) is 0 Å². The van der Waals surface area contributed by atoms with Crippen LogP contribution in [0.5, 0.6) is 0 Å². The minimum absolute atomic E-state index is 0.303. The number of nitrogen functional groups attached to an aromatic ring is 1. The van der Waals surface area contributed by atoms with Gasteiger partial charge in [-0.05, 0) is 19.1 Å². The predicted octanol–water partition coefficient (Wildman–Crippen LogP) is 1.90. The highest BCUT2D eigenvalue weighted by molar-refractivity contribution is 7.17. The number of hydrogen-bond acceptors (Lipinski definition) is 5. The van der Waals surface area contributed by atoms with Crippen molar-refractivity contribution in [2.45, 2.75) is 6.92 Å². The lowest BCUT2D eigenvalue weighted by Gasteiger charge is -1.96. The Hall–Kier alpha value is -1.82. The molecule has 2 rings (SSSR count). The molecule has 0 atom stereocenters. The summed E-state index contributed by atoms with van der Waals surface area (Å²) >= 11 is 1.33. The summed E-state index contributed by atoms with van der Waals surface area (Å²) in [6, 6.07) is 3.55. The van der Waals surface area contributed by atoms with Gasteiger partial charge in [0.25, 0.3) is 0 Å². The molecule has 0 saturated heterocycles. The molecule has 0 radical (unpaired) electrons. The molecule has 3 N–H and O–H groups in total. The average Bonchev–Trinajstić information content (AvgIpc) is 2.85. The van der Waals surface area contributed by atoms with Crippen molar-refractivity contribution in [1.29, 1.82) is 0 Å². The number of imidazole rings is 1. The van der Waals surface area contributed by atoms with Crippen molar-refractivity contribution in [2.75, 3.05) is 12.3 Å². The number of nitrogens with one attached hydrogen (secondary N) is 1. The normalized spacial score (nSPS) is 10.3. The molecule has 0 saturated carbocycles. The van der Waals surface area contributed by atoms with Gasteiger partial charge in [0.1, 0.15) is 10.6 Å². The van der Waals surface area contributed by atoms with Gasteiger partial charge >= 0.3 is 5.97 Å². The van der Waals surface area contributed by atoms with Gasteiger partial charge in [-0.25, -0.2) is 9.78 Å². The van der Waals surface area contributed by atoms with E-state index in [2.05, 4.69) is 9.97 Å². The molecule has 2 heterocycles. The molecular weight excluding hydrogens is 226 g/mol. The molecule has 6 heteroatoms. The van der Waals surface area contributed by atoms with Crippen molar-refractivity contribution < 1.29 is 9.53 Å². The van der Waals surface area contributed by atoms with Gasteiger partial charge in [-0.15, -0.1) is 11.3 Å². The molecule has 0 bridgehead atoms. The Kier molecular flexibility index (Phi) is 2.91. The third kappa shape index (κ3) is 2.06. The zero-order valence-corrected chi connectivity index (χ0v) is 9.50. The highest BCUT2D eigenvalue weighted by Gasteiger charge is 2.12. The van der Waals surface area contributed by atoms with Crippen LogP contribution in [0.3, 0.4) is 0 Å². The second-order valence-corrected chi connectivity index (χ2v) is 4.14. The Morgan fingerprint density at radius 3 is 3.06 bits per heavy atom. The first-order valence-electron chi connectivity index (χ1n) is 4.79. The van der Waals surface area contributed by atoms with Gasteiger partial charge in [-0.3, -0.25) is 0 Å². The van der Waals surface area contributed by atoms with E-state index < -0.39 is 0 Å². The summed E-state index contributed by atoms with van der Waals surface area (Å²) < 4.78 is 4.90. The first-order valence-corrected chi connectivity index (χ1v) is 5.60. The number of anilines is 1. The Morgan fingerprint density at radius 2 is 2.44 bits per heavy atom. The maximum atomic E-state index is 11.4. The van der Waals surface area contributed by atoms with Crippen LogP contribution in [0.1, 0.15) is 16.6 Å². The fraction of sp³-hybridized carbons (Fsp3) is 0.200. The fourth-order valence-corrected chi connectivity index (χ4v) is 2.11. The molecule has 16 heavy (non-hydrogen) atoms. The molecular formula is C10H11N3O2S. The van der Waals surface area contributed by atoms with Gasteiger partial charge in [-0.1, -0.05) is 0 Å². The topological polar surface area (TPSA) is 81.0 Å². The van der Waals surface area contributed by atoms with Crippen molar-refractivity contribution >= 4 is 23.3 Å². The van der Waals surface area contributed by atoms with E-state index in [1.807, 2.05) is 6.07 Å². The molecule has 84 valence electrons. The van der Waals surface area contributed by atoms with E-state index in [9.17, 15) is 4.79 Å². The van der Waals surface area contributed by atoms with Crippen LogP contribution in [0.4, 0.5) is 5.95 Å². The number of ether oxygens (including phenoxy) is 1. The van der Waals surface area contributed by atoms with Crippen LogP contribution in [0.15, 0.2) is 18.3 Å². The first-order chi connectivity index (χ1) is 7.70. The number of esters is 1. The van der Waals surface area contributed by atoms with Crippen molar-refractivity contribution in [2.24, 2.45) is 0 Å². The molecule has 0 aromatic carbocycles. The Bertz CT molecular complexity index is 504. The number of carbonyl (C=O) groups is 1. The van der Waals surface area contributed by atoms with Crippen molar-refractivity contribution in [3.05, 3.63) is 23.2 Å². The quantitative estimate of drug-likeness (QED) is 0.799. The molecule has 0 unspecified atom stereocenters. The largest absolute Gasteiger partial charge is 0.462 e. The number of thiophene rings is 1. The Morgan fingerprint density at radius 1 is 1.62 bits per heavy atom. The Balaban J connectivity index is 2.22. The van der Waals surface area contributed by atoms with Gasteiger partial charge in [0, 0.05) is 6.20 Å². The second kappa shape index (κ2) is 4.36. The number of H-pyrrole nitrogens is 1. The van der Waals surface area contributed by atoms with E-state index in [4.69, 9.17) is 10.5 Å². The number of carbonyl (C=O) groups excluding carboxylic acids is 1. The lowest BCUT2D eigenvalue weighted by atomic mass is 10.3. The minimum atomic E-state index is -0.303. The number of aromatic nitrogens is 2. The number of hydrogen-bond donors (Lipinski definition) is 2. The highest BCUT2D eigenvalue weighted by Crippen LogP contribution is 2.27.